The van der Waals surface area contributed by atoms with Crippen molar-refractivity contribution in [3.63, 3.8) is 0 Å². The summed E-state index contributed by atoms with van der Waals surface area (Å²) in [4.78, 5) is 37.8. The highest BCUT2D eigenvalue weighted by molar-refractivity contribution is 5.80. The molecule has 246 valence electrons. The first-order valence-electron chi connectivity index (χ1n) is 13.9. The number of nitrogens with one attached hydrogen (secondary N) is 1. The van der Waals surface area contributed by atoms with Crippen molar-refractivity contribution in [1.29, 1.82) is 0 Å². The van der Waals surface area contributed by atoms with Crippen molar-refractivity contribution in [2.45, 2.75) is 75.2 Å². The molecule has 10 atom stereocenters. The molecule has 16 nitrogen and oxygen atoms in total. The van der Waals surface area contributed by atoms with E-state index < -0.39 is 79.2 Å². The fourth-order valence-electron chi connectivity index (χ4n) is 5.47. The Labute approximate surface area is 254 Å². The van der Waals surface area contributed by atoms with Gasteiger partial charge >= 0.3 is 18.0 Å². The Morgan fingerprint density at radius 2 is 1.57 bits per heavy atom. The van der Waals surface area contributed by atoms with Crippen LogP contribution in [-0.4, -0.2) is 120 Å². The van der Waals surface area contributed by atoms with Gasteiger partial charge in [0.2, 0.25) is 12.4 Å². The van der Waals surface area contributed by atoms with E-state index in [0.717, 1.165) is 12.5 Å². The van der Waals surface area contributed by atoms with Gasteiger partial charge in [0, 0.05) is 34.2 Å². The van der Waals surface area contributed by atoms with Gasteiger partial charge in [0.1, 0.15) is 57.5 Å². The van der Waals surface area contributed by atoms with Crippen LogP contribution in [0.3, 0.4) is 0 Å². The summed E-state index contributed by atoms with van der Waals surface area (Å²) in [5.74, 6) is -2.25. The van der Waals surface area contributed by atoms with Gasteiger partial charge in [-0.05, 0) is 12.0 Å². The van der Waals surface area contributed by atoms with Crippen molar-refractivity contribution in [1.82, 2.24) is 5.32 Å². The summed E-state index contributed by atoms with van der Waals surface area (Å²) in [5.41, 5.74) is 0.756. The van der Waals surface area contributed by atoms with Crippen LogP contribution >= 0.6 is 0 Å². The average molecular weight is 630 g/mol. The Morgan fingerprint density at radius 1 is 0.932 bits per heavy atom. The SMILES string of the molecule is COCO[C@@H]1[C@@H]2OC(=O)[C@@H](OC(C)=O)[C@@H](O2)[C@@H]1C[C@H](NC(=O)OCc1ccccc1)[C@H]1OC(O)[C@@H](OCOC)[C@@H]1OCOC. The van der Waals surface area contributed by atoms with Crippen LogP contribution in [0, 0.1) is 5.92 Å². The van der Waals surface area contributed by atoms with E-state index in [1.165, 1.54) is 21.3 Å². The van der Waals surface area contributed by atoms with Crippen molar-refractivity contribution in [3.8, 4) is 0 Å². The number of benzene rings is 1. The average Bonchev–Trinajstić information content (AvgIpc) is 3.47. The van der Waals surface area contributed by atoms with Crippen LogP contribution in [0.4, 0.5) is 4.79 Å². The summed E-state index contributed by atoms with van der Waals surface area (Å²) in [7, 11) is 4.26. The zero-order valence-corrected chi connectivity index (χ0v) is 24.9. The van der Waals surface area contributed by atoms with E-state index in [9.17, 15) is 19.5 Å². The molecule has 0 aromatic heterocycles. The number of methoxy groups -OCH3 is 3. The van der Waals surface area contributed by atoms with Crippen LogP contribution in [0.1, 0.15) is 18.9 Å². The molecule has 3 heterocycles. The molecule has 3 aliphatic rings. The zero-order valence-electron chi connectivity index (χ0n) is 24.9. The Hall–Kier alpha value is -2.93. The van der Waals surface area contributed by atoms with E-state index >= 15 is 0 Å². The quantitative estimate of drug-likeness (QED) is 0.143. The lowest BCUT2D eigenvalue weighted by atomic mass is 9.85. The lowest BCUT2D eigenvalue weighted by molar-refractivity contribution is -0.240. The minimum atomic E-state index is -1.47. The molecule has 0 aliphatic carbocycles. The van der Waals surface area contributed by atoms with Gasteiger partial charge in [-0.3, -0.25) is 4.79 Å². The zero-order chi connectivity index (χ0) is 31.6. The molecule has 3 fully saturated rings. The van der Waals surface area contributed by atoms with Gasteiger partial charge in [0.15, 0.2) is 6.29 Å². The molecule has 4 rings (SSSR count). The molecule has 1 amide bonds. The molecule has 1 aromatic carbocycles. The number of aliphatic hydroxyl groups excluding tert-OH is 1. The van der Waals surface area contributed by atoms with E-state index in [1.807, 2.05) is 18.2 Å². The number of fused-ring (bicyclic) bond motifs is 2. The first kappa shape index (κ1) is 34.0. The normalized spacial score (nSPS) is 31.8. The van der Waals surface area contributed by atoms with Crippen molar-refractivity contribution in [2.75, 3.05) is 41.7 Å². The molecule has 3 aliphatic heterocycles. The molecule has 44 heavy (non-hydrogen) atoms. The summed E-state index contributed by atoms with van der Waals surface area (Å²) in [6, 6.07) is 8.09. The second-order valence-electron chi connectivity index (χ2n) is 10.3. The standard InChI is InChI=1S/C28H39NO15/c1-15(30)41-24-19-17(20(38-12-34-2)27(43-19)44-26(24)32)10-18(29-28(33)37-11-16-8-6-5-7-9-16)21-22(39-13-35-3)23(25(31)42-21)40-14-36-4/h5-9,17-25,27,31H,10-14H2,1-4H3,(H,29,33)/t17-,18-,19-,20-,21+,22+,23-,24-,25?,27-/m0/s1. The van der Waals surface area contributed by atoms with Crippen molar-refractivity contribution < 1.29 is 71.6 Å². The number of hydrogen-bond acceptors (Lipinski definition) is 15. The monoisotopic (exact) mass is 629 g/mol. The van der Waals surface area contributed by atoms with Crippen molar-refractivity contribution >= 4 is 18.0 Å². The summed E-state index contributed by atoms with van der Waals surface area (Å²) in [6.45, 7) is 0.582. The van der Waals surface area contributed by atoms with Crippen LogP contribution in [0.15, 0.2) is 30.3 Å². The number of alkyl carbamates (subject to hydrolysis) is 1. The van der Waals surface area contributed by atoms with Crippen molar-refractivity contribution in [2.24, 2.45) is 5.92 Å². The minimum absolute atomic E-state index is 0.00832. The summed E-state index contributed by atoms with van der Waals surface area (Å²) < 4.78 is 60.5. The van der Waals surface area contributed by atoms with Crippen LogP contribution in [0.5, 0.6) is 0 Å². The number of esters is 2. The number of carbonyl (C=O) groups is 3. The van der Waals surface area contributed by atoms with Gasteiger partial charge < -0.3 is 62.5 Å². The van der Waals surface area contributed by atoms with E-state index in [4.69, 9.17) is 52.1 Å². The molecule has 16 heteroatoms. The molecule has 0 saturated carbocycles. The van der Waals surface area contributed by atoms with Gasteiger partial charge in [-0.15, -0.1) is 0 Å². The predicted octanol–water partition coefficient (Wildman–Crippen LogP) is 0.186. The lowest BCUT2D eigenvalue weighted by Crippen LogP contribution is -2.53. The first-order valence-corrected chi connectivity index (χ1v) is 13.9. The topological polar surface area (TPSA) is 185 Å². The molecule has 1 aromatic rings. The number of aliphatic hydroxyl groups is 1. The smallest absolute Gasteiger partial charge is 0.407 e. The lowest BCUT2D eigenvalue weighted by Gasteiger charge is -2.33. The third-order valence-electron chi connectivity index (χ3n) is 7.26. The Bertz CT molecular complexity index is 1080. The van der Waals surface area contributed by atoms with Gasteiger partial charge in [-0.2, -0.15) is 0 Å². The molecule has 1 unspecified atom stereocenters. The fourth-order valence-corrected chi connectivity index (χ4v) is 5.47. The van der Waals surface area contributed by atoms with E-state index in [-0.39, 0.29) is 33.4 Å². The number of hydrogen-bond donors (Lipinski definition) is 2. The van der Waals surface area contributed by atoms with Gasteiger partial charge in [0.05, 0.1) is 6.04 Å². The van der Waals surface area contributed by atoms with E-state index in [2.05, 4.69) is 5.32 Å². The molecular weight excluding hydrogens is 590 g/mol. The molecule has 3 saturated heterocycles. The van der Waals surface area contributed by atoms with Crippen LogP contribution in [0.2, 0.25) is 0 Å². The van der Waals surface area contributed by atoms with Crippen LogP contribution in [0.25, 0.3) is 0 Å². The van der Waals surface area contributed by atoms with Gasteiger partial charge in [0.25, 0.3) is 0 Å². The fraction of sp³-hybridized carbons (Fsp3) is 0.679. The maximum atomic E-state index is 13.2. The second-order valence-corrected chi connectivity index (χ2v) is 10.3. The maximum absolute atomic E-state index is 13.2. The molecule has 2 bridgehead atoms. The number of amides is 1. The summed E-state index contributed by atoms with van der Waals surface area (Å²) in [6.07, 6.45) is -9.77. The Kier molecular flexibility index (Phi) is 12.7. The van der Waals surface area contributed by atoms with Gasteiger partial charge in [-0.1, -0.05) is 30.3 Å². The Balaban J connectivity index is 1.63. The third kappa shape index (κ3) is 8.41. The molecule has 2 N–H and O–H groups in total. The van der Waals surface area contributed by atoms with E-state index in [0.29, 0.717) is 0 Å². The number of ether oxygens (including phenoxy) is 11. The highest BCUT2D eigenvalue weighted by atomic mass is 16.8. The number of carbonyl (C=O) groups excluding carboxylic acids is 3. The molecular formula is C28H39NO15. The third-order valence-corrected chi connectivity index (χ3v) is 7.26. The summed E-state index contributed by atoms with van der Waals surface area (Å²) >= 11 is 0. The predicted molar refractivity (Wildman–Crippen MR) is 143 cm³/mol. The van der Waals surface area contributed by atoms with E-state index in [1.54, 1.807) is 12.1 Å². The first-order chi connectivity index (χ1) is 21.3. The highest BCUT2D eigenvalue weighted by Gasteiger charge is 2.60. The minimum Gasteiger partial charge on any atom is -0.448 e. The van der Waals surface area contributed by atoms with Crippen LogP contribution in [-0.2, 0) is 68.3 Å². The Morgan fingerprint density at radius 3 is 2.20 bits per heavy atom. The largest absolute Gasteiger partial charge is 0.448 e. The highest BCUT2D eigenvalue weighted by Crippen LogP contribution is 2.42. The van der Waals surface area contributed by atoms with Crippen LogP contribution < -0.4 is 5.32 Å². The second kappa shape index (κ2) is 16.4. The molecule has 0 radical (unpaired) electrons. The van der Waals surface area contributed by atoms with Gasteiger partial charge in [-0.25, -0.2) is 9.59 Å². The van der Waals surface area contributed by atoms with Crippen molar-refractivity contribution in [3.05, 3.63) is 35.9 Å². The molecule has 0 spiro atoms. The maximum Gasteiger partial charge on any atom is 0.407 e. The summed E-state index contributed by atoms with van der Waals surface area (Å²) in [5, 5.41) is 13.6. The number of rotatable bonds is 16.